The molecule has 3 aromatic rings. The number of carbonyl (C=O) groups is 1. The second-order valence-electron chi connectivity index (χ2n) is 8.87. The molecule has 2 aliphatic rings. The first-order chi connectivity index (χ1) is 17.9. The van der Waals surface area contributed by atoms with Gasteiger partial charge in [0.1, 0.15) is 27.5 Å². The standard InChI is InChI=1S/C27H25N5O3S2/c1-18-21(15-23-26(34)32(27(36)37-23)17-20-9-6-14-35-20)24(29(2)25(33)22(18)16-28)31-12-10-30(11-13-31)19-7-4-3-5-8-19/h3-9,14-15H,10-13,17H2,1-2H3. The quantitative estimate of drug-likeness (QED) is 0.362. The Morgan fingerprint density at radius 3 is 2.43 bits per heavy atom. The number of rotatable bonds is 5. The van der Waals surface area contributed by atoms with Crippen molar-refractivity contribution in [1.82, 2.24) is 9.47 Å². The van der Waals surface area contributed by atoms with Gasteiger partial charge in [0.2, 0.25) is 0 Å². The molecule has 0 aliphatic carbocycles. The van der Waals surface area contributed by atoms with Gasteiger partial charge in [0.25, 0.3) is 11.5 Å². The molecule has 37 heavy (non-hydrogen) atoms. The van der Waals surface area contributed by atoms with E-state index < -0.39 is 0 Å². The Morgan fingerprint density at radius 1 is 1.08 bits per heavy atom. The Bertz CT molecular complexity index is 1480. The number of piperazine rings is 1. The monoisotopic (exact) mass is 531 g/mol. The zero-order valence-corrected chi connectivity index (χ0v) is 22.1. The van der Waals surface area contributed by atoms with Gasteiger partial charge in [-0.3, -0.25) is 19.1 Å². The molecule has 1 aromatic carbocycles. The Labute approximate surface area is 224 Å². The van der Waals surface area contributed by atoms with E-state index in [2.05, 4.69) is 28.0 Å². The number of carbonyl (C=O) groups excluding carboxylic acids is 1. The maximum absolute atomic E-state index is 13.3. The minimum Gasteiger partial charge on any atom is -0.467 e. The van der Waals surface area contributed by atoms with Gasteiger partial charge in [0, 0.05) is 44.5 Å². The molecule has 0 radical (unpaired) electrons. The molecule has 1 amide bonds. The van der Waals surface area contributed by atoms with E-state index in [1.165, 1.54) is 21.2 Å². The highest BCUT2D eigenvalue weighted by Crippen LogP contribution is 2.36. The minimum atomic E-state index is -0.344. The number of benzene rings is 1. The number of hydrogen-bond acceptors (Lipinski definition) is 8. The number of nitrogens with zero attached hydrogens (tertiary/aromatic N) is 5. The molecule has 8 nitrogen and oxygen atoms in total. The summed E-state index contributed by atoms with van der Waals surface area (Å²) in [6, 6.07) is 15.8. The molecule has 4 heterocycles. The number of thiocarbonyl (C=S) groups is 1. The highest BCUT2D eigenvalue weighted by Gasteiger charge is 2.34. The number of thioether (sulfide) groups is 1. The first-order valence-electron chi connectivity index (χ1n) is 11.9. The summed E-state index contributed by atoms with van der Waals surface area (Å²) in [5, 5.41) is 9.73. The molecule has 2 aromatic heterocycles. The largest absolute Gasteiger partial charge is 0.467 e. The third kappa shape index (κ3) is 4.68. The smallest absolute Gasteiger partial charge is 0.270 e. The summed E-state index contributed by atoms with van der Waals surface area (Å²) < 4.78 is 7.36. The summed E-state index contributed by atoms with van der Waals surface area (Å²) in [4.78, 5) is 32.8. The molecule has 5 rings (SSSR count). The van der Waals surface area contributed by atoms with Crippen molar-refractivity contribution in [2.45, 2.75) is 13.5 Å². The van der Waals surface area contributed by atoms with Crippen molar-refractivity contribution in [1.29, 1.82) is 5.26 Å². The fraction of sp³-hybridized carbons (Fsp3) is 0.259. The van der Waals surface area contributed by atoms with Crippen LogP contribution < -0.4 is 15.4 Å². The number of amides is 1. The molecule has 0 saturated carbocycles. The van der Waals surface area contributed by atoms with Crippen molar-refractivity contribution in [3.05, 3.63) is 86.4 Å². The highest BCUT2D eigenvalue weighted by atomic mass is 32.2. The van der Waals surface area contributed by atoms with Crippen LogP contribution in [0.15, 0.2) is 62.8 Å². The van der Waals surface area contributed by atoms with Gasteiger partial charge in [-0.05, 0) is 42.8 Å². The average Bonchev–Trinajstić information content (AvgIpc) is 3.52. The van der Waals surface area contributed by atoms with Crippen LogP contribution in [0.3, 0.4) is 0 Å². The molecular formula is C27H25N5O3S2. The van der Waals surface area contributed by atoms with Gasteiger partial charge in [-0.25, -0.2) is 0 Å². The van der Waals surface area contributed by atoms with Gasteiger partial charge in [0.05, 0.1) is 17.7 Å². The van der Waals surface area contributed by atoms with Crippen LogP contribution in [-0.2, 0) is 18.4 Å². The van der Waals surface area contributed by atoms with Gasteiger partial charge >= 0.3 is 0 Å². The molecule has 2 fully saturated rings. The van der Waals surface area contributed by atoms with Gasteiger partial charge in [-0.15, -0.1) is 0 Å². The van der Waals surface area contributed by atoms with Crippen LogP contribution in [0.2, 0.25) is 0 Å². The van der Waals surface area contributed by atoms with E-state index in [0.717, 1.165) is 18.8 Å². The molecule has 0 bridgehead atoms. The fourth-order valence-corrected chi connectivity index (χ4v) is 5.97. The van der Waals surface area contributed by atoms with Crippen molar-refractivity contribution in [2.24, 2.45) is 7.05 Å². The van der Waals surface area contributed by atoms with E-state index in [1.54, 1.807) is 38.4 Å². The lowest BCUT2D eigenvalue weighted by Gasteiger charge is -2.38. The Hall–Kier alpha value is -3.81. The van der Waals surface area contributed by atoms with Crippen LogP contribution in [0.5, 0.6) is 0 Å². The van der Waals surface area contributed by atoms with E-state index in [-0.39, 0.29) is 23.6 Å². The number of pyridine rings is 1. The first-order valence-corrected chi connectivity index (χ1v) is 13.1. The van der Waals surface area contributed by atoms with Crippen LogP contribution in [0.1, 0.15) is 22.5 Å². The van der Waals surface area contributed by atoms with Crippen LogP contribution in [0.25, 0.3) is 6.08 Å². The van der Waals surface area contributed by atoms with Gasteiger partial charge in [-0.2, -0.15) is 5.26 Å². The number of nitriles is 1. The van der Waals surface area contributed by atoms with Crippen molar-refractivity contribution in [3.63, 3.8) is 0 Å². The molecule has 2 aliphatic heterocycles. The number of para-hydroxylation sites is 1. The Kier molecular flexibility index (Phi) is 6.91. The zero-order chi connectivity index (χ0) is 26.1. The van der Waals surface area contributed by atoms with Crippen molar-refractivity contribution in [3.8, 4) is 6.07 Å². The first kappa shape index (κ1) is 24.9. The van der Waals surface area contributed by atoms with Gasteiger partial charge in [-0.1, -0.05) is 42.2 Å². The van der Waals surface area contributed by atoms with Crippen molar-refractivity contribution >= 4 is 51.8 Å². The summed E-state index contributed by atoms with van der Waals surface area (Å²) in [5.41, 5.74) is 2.13. The van der Waals surface area contributed by atoms with Crippen LogP contribution in [0, 0.1) is 18.3 Å². The second kappa shape index (κ2) is 10.3. The molecule has 0 unspecified atom stereocenters. The van der Waals surface area contributed by atoms with Crippen LogP contribution in [-0.4, -0.2) is 45.9 Å². The predicted octanol–water partition coefficient (Wildman–Crippen LogP) is 3.89. The maximum atomic E-state index is 13.3. The van der Waals surface area contributed by atoms with Gasteiger partial charge in [0.15, 0.2) is 0 Å². The zero-order valence-electron chi connectivity index (χ0n) is 20.5. The van der Waals surface area contributed by atoms with Crippen molar-refractivity contribution in [2.75, 3.05) is 36.0 Å². The molecular weight excluding hydrogens is 506 g/mol. The topological polar surface area (TPSA) is 85.7 Å². The summed E-state index contributed by atoms with van der Waals surface area (Å²) >= 11 is 6.71. The molecule has 0 atom stereocenters. The fourth-order valence-electron chi connectivity index (χ4n) is 4.74. The summed E-state index contributed by atoms with van der Waals surface area (Å²) in [6.45, 7) is 4.95. The number of hydrogen-bond donors (Lipinski definition) is 0. The van der Waals surface area contributed by atoms with E-state index in [4.69, 9.17) is 16.6 Å². The summed E-state index contributed by atoms with van der Waals surface area (Å²) in [7, 11) is 1.68. The summed E-state index contributed by atoms with van der Waals surface area (Å²) in [6.07, 6.45) is 3.33. The number of anilines is 2. The third-order valence-electron chi connectivity index (χ3n) is 6.71. The second-order valence-corrected chi connectivity index (χ2v) is 10.5. The van der Waals surface area contributed by atoms with E-state index in [0.29, 0.717) is 45.0 Å². The van der Waals surface area contributed by atoms with E-state index >= 15 is 0 Å². The van der Waals surface area contributed by atoms with Crippen molar-refractivity contribution < 1.29 is 9.21 Å². The lowest BCUT2D eigenvalue weighted by atomic mass is 10.0. The minimum absolute atomic E-state index is 0.0754. The maximum Gasteiger partial charge on any atom is 0.270 e. The Balaban J connectivity index is 1.50. The predicted molar refractivity (Wildman–Crippen MR) is 149 cm³/mol. The van der Waals surface area contributed by atoms with E-state index in [1.807, 2.05) is 18.2 Å². The number of aromatic nitrogens is 1. The van der Waals surface area contributed by atoms with Gasteiger partial charge < -0.3 is 14.2 Å². The number of furan rings is 1. The third-order valence-corrected chi connectivity index (χ3v) is 8.09. The highest BCUT2D eigenvalue weighted by molar-refractivity contribution is 8.26. The SMILES string of the molecule is Cc1c(C=C2SC(=S)N(Cc3ccco3)C2=O)c(N2CCN(c3ccccc3)CC2)n(C)c(=O)c1C#N. The Morgan fingerprint density at radius 2 is 1.78 bits per heavy atom. The molecule has 188 valence electrons. The van der Waals surface area contributed by atoms with E-state index in [9.17, 15) is 14.9 Å². The molecule has 0 spiro atoms. The molecule has 0 N–H and O–H groups in total. The average molecular weight is 532 g/mol. The summed E-state index contributed by atoms with van der Waals surface area (Å²) in [5.74, 6) is 1.11. The normalized spacial score (nSPS) is 17.1. The molecule has 10 heteroatoms. The lowest BCUT2D eigenvalue weighted by Crippen LogP contribution is -2.48. The van der Waals surface area contributed by atoms with Crippen LogP contribution >= 0.6 is 24.0 Å². The lowest BCUT2D eigenvalue weighted by molar-refractivity contribution is -0.122. The molecule has 2 saturated heterocycles. The van der Waals surface area contributed by atoms with Crippen LogP contribution in [0.4, 0.5) is 11.5 Å².